The summed E-state index contributed by atoms with van der Waals surface area (Å²) in [5, 5.41) is 0. The van der Waals surface area contributed by atoms with Crippen molar-refractivity contribution in [3.8, 4) is 0 Å². The Morgan fingerprint density at radius 2 is 1.67 bits per heavy atom. The number of nitrogens with zero attached hydrogens (tertiary/aromatic N) is 2. The van der Waals surface area contributed by atoms with E-state index in [1.54, 1.807) is 0 Å². The highest BCUT2D eigenvalue weighted by Crippen LogP contribution is 2.47. The Morgan fingerprint density at radius 1 is 1.05 bits per heavy atom. The van der Waals surface area contributed by atoms with Gasteiger partial charge in [0.15, 0.2) is 0 Å². The minimum absolute atomic E-state index is 0.687. The number of hydrogen-bond donors (Lipinski definition) is 0. The predicted octanol–water partition coefficient (Wildman–Crippen LogP) is 5.18. The molecule has 1 aromatic heterocycles. The van der Waals surface area contributed by atoms with Gasteiger partial charge in [-0.25, -0.2) is 0 Å². The highest BCUT2D eigenvalue weighted by Gasteiger charge is 2.37. The summed E-state index contributed by atoms with van der Waals surface area (Å²) < 4.78 is 1.22. The van der Waals surface area contributed by atoms with Crippen molar-refractivity contribution in [1.82, 2.24) is 4.98 Å². The van der Waals surface area contributed by atoms with Crippen LogP contribution in [-0.2, 0) is 6.42 Å². The van der Waals surface area contributed by atoms with Crippen LogP contribution in [0.25, 0.3) is 0 Å². The van der Waals surface area contributed by atoms with Gasteiger partial charge in [0.25, 0.3) is 0 Å². The van der Waals surface area contributed by atoms with Gasteiger partial charge in [-0.2, -0.15) is 0 Å². The lowest BCUT2D eigenvalue weighted by molar-refractivity contribution is 0.226. The van der Waals surface area contributed by atoms with Crippen LogP contribution in [0.5, 0.6) is 0 Å². The van der Waals surface area contributed by atoms with Crippen molar-refractivity contribution in [2.24, 2.45) is 5.41 Å². The average molecular weight is 351 g/mol. The van der Waals surface area contributed by atoms with Crippen LogP contribution in [-0.4, -0.2) is 18.1 Å². The lowest BCUT2D eigenvalue weighted by atomic mass is 9.77. The summed E-state index contributed by atoms with van der Waals surface area (Å²) >= 11 is 3.81. The van der Waals surface area contributed by atoms with E-state index >= 15 is 0 Å². The molecule has 1 spiro atoms. The number of piperidine rings is 1. The first-order valence-corrected chi connectivity index (χ1v) is 9.26. The van der Waals surface area contributed by atoms with Gasteiger partial charge in [-0.05, 0) is 72.9 Å². The van der Waals surface area contributed by atoms with Crippen molar-refractivity contribution >= 4 is 21.6 Å². The summed E-state index contributed by atoms with van der Waals surface area (Å²) in [5.41, 5.74) is 5.87. The standard InChI is InChI=1S/C18H27BrN2/c1-4-15-13(2)20-14(3)16(19)17(15)21-11-9-18(10-12-21)7-5-6-8-18/h4-12H2,1-3H3. The third-order valence-corrected chi connectivity index (χ3v) is 6.69. The van der Waals surface area contributed by atoms with Gasteiger partial charge in [-0.15, -0.1) is 0 Å². The van der Waals surface area contributed by atoms with Crippen LogP contribution in [0.2, 0.25) is 0 Å². The molecule has 0 radical (unpaired) electrons. The molecule has 0 unspecified atom stereocenters. The first kappa shape index (κ1) is 15.3. The summed E-state index contributed by atoms with van der Waals surface area (Å²) in [6.07, 6.45) is 9.67. The maximum absolute atomic E-state index is 4.70. The third kappa shape index (κ3) is 2.74. The topological polar surface area (TPSA) is 16.1 Å². The van der Waals surface area contributed by atoms with Gasteiger partial charge in [-0.3, -0.25) is 4.98 Å². The molecular formula is C18H27BrN2. The molecule has 2 fully saturated rings. The Balaban J connectivity index is 1.88. The second-order valence-corrected chi connectivity index (χ2v) is 7.76. The first-order chi connectivity index (χ1) is 10.1. The van der Waals surface area contributed by atoms with Gasteiger partial charge < -0.3 is 4.90 Å². The quantitative estimate of drug-likeness (QED) is 0.729. The Labute approximate surface area is 137 Å². The third-order valence-electron chi connectivity index (χ3n) is 5.74. The van der Waals surface area contributed by atoms with Crippen LogP contribution in [0.4, 0.5) is 5.69 Å². The number of aryl methyl sites for hydroxylation is 2. The molecule has 2 nitrogen and oxygen atoms in total. The van der Waals surface area contributed by atoms with Crippen molar-refractivity contribution in [3.05, 3.63) is 21.4 Å². The lowest BCUT2D eigenvalue weighted by Crippen LogP contribution is -2.39. The molecule has 1 aliphatic heterocycles. The van der Waals surface area contributed by atoms with E-state index in [2.05, 4.69) is 41.6 Å². The Bertz CT molecular complexity index is 523. The van der Waals surface area contributed by atoms with Gasteiger partial charge >= 0.3 is 0 Å². The molecule has 2 heterocycles. The fourth-order valence-electron chi connectivity index (χ4n) is 4.43. The van der Waals surface area contributed by atoms with Crippen molar-refractivity contribution in [2.75, 3.05) is 18.0 Å². The maximum atomic E-state index is 4.70. The van der Waals surface area contributed by atoms with E-state index < -0.39 is 0 Å². The average Bonchev–Trinajstić information content (AvgIpc) is 2.92. The molecular weight excluding hydrogens is 324 g/mol. The SMILES string of the molecule is CCc1c(C)nc(C)c(Br)c1N1CCC2(CCCC2)CC1. The van der Waals surface area contributed by atoms with Crippen molar-refractivity contribution < 1.29 is 0 Å². The fourth-order valence-corrected chi connectivity index (χ4v) is 5.00. The van der Waals surface area contributed by atoms with Gasteiger partial charge in [0.2, 0.25) is 0 Å². The Hall–Kier alpha value is -0.570. The van der Waals surface area contributed by atoms with E-state index in [-0.39, 0.29) is 0 Å². The second kappa shape index (κ2) is 5.91. The Morgan fingerprint density at radius 3 is 2.24 bits per heavy atom. The zero-order valence-corrected chi connectivity index (χ0v) is 15.2. The van der Waals surface area contributed by atoms with Crippen molar-refractivity contribution in [1.29, 1.82) is 0 Å². The van der Waals surface area contributed by atoms with Gasteiger partial charge in [0, 0.05) is 18.8 Å². The summed E-state index contributed by atoms with van der Waals surface area (Å²) in [6, 6.07) is 0. The highest BCUT2D eigenvalue weighted by atomic mass is 79.9. The predicted molar refractivity (Wildman–Crippen MR) is 93.1 cm³/mol. The second-order valence-electron chi connectivity index (χ2n) is 6.97. The van der Waals surface area contributed by atoms with Crippen LogP contribution >= 0.6 is 15.9 Å². The lowest BCUT2D eigenvalue weighted by Gasteiger charge is -2.41. The van der Waals surface area contributed by atoms with E-state index in [1.807, 2.05) is 0 Å². The number of rotatable bonds is 2. The van der Waals surface area contributed by atoms with E-state index in [0.717, 1.165) is 12.1 Å². The van der Waals surface area contributed by atoms with Crippen LogP contribution in [0.15, 0.2) is 4.47 Å². The summed E-state index contributed by atoms with van der Waals surface area (Å²) in [5.74, 6) is 0. The van der Waals surface area contributed by atoms with Crippen molar-refractivity contribution in [3.63, 3.8) is 0 Å². The van der Waals surface area contributed by atoms with Crippen LogP contribution < -0.4 is 4.90 Å². The van der Waals surface area contributed by atoms with Gasteiger partial charge in [0.05, 0.1) is 15.9 Å². The van der Waals surface area contributed by atoms with Crippen LogP contribution in [0, 0.1) is 19.3 Å². The molecule has 0 atom stereocenters. The molecule has 21 heavy (non-hydrogen) atoms. The van der Waals surface area contributed by atoms with E-state index in [0.29, 0.717) is 5.41 Å². The van der Waals surface area contributed by atoms with Crippen molar-refractivity contribution in [2.45, 2.75) is 65.7 Å². The molecule has 0 aromatic carbocycles. The highest BCUT2D eigenvalue weighted by molar-refractivity contribution is 9.10. The monoisotopic (exact) mass is 350 g/mol. The van der Waals surface area contributed by atoms with E-state index in [1.165, 1.54) is 73.0 Å². The van der Waals surface area contributed by atoms with E-state index in [9.17, 15) is 0 Å². The molecule has 1 aromatic rings. The fraction of sp³-hybridized carbons (Fsp3) is 0.722. The van der Waals surface area contributed by atoms with E-state index in [4.69, 9.17) is 4.98 Å². The minimum Gasteiger partial charge on any atom is -0.370 e. The van der Waals surface area contributed by atoms with Crippen LogP contribution in [0.1, 0.15) is 62.4 Å². The normalized spacial score (nSPS) is 21.2. The molecule has 1 saturated carbocycles. The van der Waals surface area contributed by atoms with Gasteiger partial charge in [-0.1, -0.05) is 19.8 Å². The largest absolute Gasteiger partial charge is 0.370 e. The number of halogens is 1. The molecule has 0 N–H and O–H groups in total. The molecule has 2 aliphatic rings. The molecule has 1 saturated heterocycles. The smallest absolute Gasteiger partial charge is 0.0624 e. The molecule has 3 rings (SSSR count). The minimum atomic E-state index is 0.687. The van der Waals surface area contributed by atoms with Gasteiger partial charge in [0.1, 0.15) is 0 Å². The number of hydrogen-bond acceptors (Lipinski definition) is 2. The molecule has 3 heteroatoms. The summed E-state index contributed by atoms with van der Waals surface area (Å²) in [7, 11) is 0. The zero-order valence-electron chi connectivity index (χ0n) is 13.6. The number of pyridine rings is 1. The molecule has 0 amide bonds. The molecule has 116 valence electrons. The number of aromatic nitrogens is 1. The summed E-state index contributed by atoms with van der Waals surface area (Å²) in [6.45, 7) is 8.95. The first-order valence-electron chi connectivity index (χ1n) is 8.47. The van der Waals surface area contributed by atoms with Crippen LogP contribution in [0.3, 0.4) is 0 Å². The molecule has 0 bridgehead atoms. The maximum Gasteiger partial charge on any atom is 0.0624 e. The zero-order chi connectivity index (χ0) is 15.0. The Kier molecular flexibility index (Phi) is 4.31. The summed E-state index contributed by atoms with van der Waals surface area (Å²) in [4.78, 5) is 7.32. The number of anilines is 1. The molecule has 1 aliphatic carbocycles.